The molecule has 128 valence electrons. The Morgan fingerprint density at radius 3 is 2.74 bits per heavy atom. The Balaban J connectivity index is 0.00000484. The van der Waals surface area contributed by atoms with Crippen LogP contribution in [0.4, 0.5) is 5.82 Å². The number of anilines is 1. The fourth-order valence-corrected chi connectivity index (χ4v) is 1.95. The van der Waals surface area contributed by atoms with E-state index in [2.05, 4.69) is 20.3 Å². The number of ketones is 1. The van der Waals surface area contributed by atoms with Gasteiger partial charge in [0.2, 0.25) is 0 Å². The van der Waals surface area contributed by atoms with Gasteiger partial charge in [-0.3, -0.25) is 9.59 Å². The first-order valence-electron chi connectivity index (χ1n) is 6.61. The van der Waals surface area contributed by atoms with Crippen molar-refractivity contribution in [1.29, 1.82) is 0 Å². The van der Waals surface area contributed by atoms with Crippen LogP contribution < -0.4 is 11.1 Å². The number of nitrogens with one attached hydrogen (secondary N) is 1. The van der Waals surface area contributed by atoms with Crippen LogP contribution in [0.2, 0.25) is 0 Å². The molecule has 1 aromatic rings. The molecule has 0 bridgehead atoms. The Labute approximate surface area is 146 Å². The Morgan fingerprint density at radius 1 is 1.57 bits per heavy atom. The van der Waals surface area contributed by atoms with Crippen molar-refractivity contribution >= 4 is 47.7 Å². The van der Waals surface area contributed by atoms with E-state index in [4.69, 9.17) is 17.3 Å². The lowest BCUT2D eigenvalue weighted by atomic mass is 9.93. The van der Waals surface area contributed by atoms with Gasteiger partial charge in [-0.1, -0.05) is 12.1 Å². The molecule has 0 saturated heterocycles. The van der Waals surface area contributed by atoms with Crippen molar-refractivity contribution in [3.63, 3.8) is 0 Å². The van der Waals surface area contributed by atoms with E-state index < -0.39 is 11.4 Å². The minimum atomic E-state index is -1.03. The number of oxime groups is 1. The average Bonchev–Trinajstić information content (AvgIpc) is 2.52. The molecule has 1 unspecified atom stereocenters. The van der Waals surface area contributed by atoms with Crippen LogP contribution in [0.15, 0.2) is 17.4 Å². The molecule has 7 nitrogen and oxygen atoms in total. The molecule has 0 aliphatic carbocycles. The van der Waals surface area contributed by atoms with Crippen molar-refractivity contribution < 1.29 is 14.4 Å². The largest absolute Gasteiger partial charge is 0.399 e. The zero-order valence-corrected chi connectivity index (χ0v) is 14.7. The molecule has 0 saturated carbocycles. The molecule has 1 atom stereocenters. The Hall–Kier alpha value is -1.86. The fraction of sp³-hybridized carbons (Fsp3) is 0.429. The predicted octanol–water partition coefficient (Wildman–Crippen LogP) is 1.77. The van der Waals surface area contributed by atoms with Gasteiger partial charge in [0.1, 0.15) is 12.9 Å². The third-order valence-corrected chi connectivity index (χ3v) is 3.58. The Kier molecular flexibility index (Phi) is 8.56. The summed E-state index contributed by atoms with van der Waals surface area (Å²) in [5.74, 6) is -0.652. The summed E-state index contributed by atoms with van der Waals surface area (Å²) < 4.78 is 0. The van der Waals surface area contributed by atoms with Crippen LogP contribution in [0.3, 0.4) is 0 Å². The molecule has 1 heterocycles. The minimum absolute atomic E-state index is 0. The monoisotopic (exact) mass is 362 g/mol. The maximum Gasteiger partial charge on any atom is 0.253 e. The van der Waals surface area contributed by atoms with Crippen molar-refractivity contribution in [3.8, 4) is 0 Å². The number of alkyl halides is 1. The molecule has 0 radical (unpaired) electrons. The highest BCUT2D eigenvalue weighted by Gasteiger charge is 2.32. The van der Waals surface area contributed by atoms with Crippen molar-refractivity contribution in [1.82, 2.24) is 10.3 Å². The number of rotatable bonds is 7. The lowest BCUT2D eigenvalue weighted by Crippen LogP contribution is -2.52. The molecule has 0 aromatic carbocycles. The van der Waals surface area contributed by atoms with Crippen LogP contribution in [0.25, 0.3) is 0 Å². The number of hydrogen-bond donors (Lipinski definition) is 2. The first-order valence-corrected chi connectivity index (χ1v) is 7.15. The molecule has 0 aliphatic heterocycles. The minimum Gasteiger partial charge on any atom is -0.399 e. The van der Waals surface area contributed by atoms with E-state index in [-0.39, 0.29) is 35.5 Å². The number of amides is 1. The highest BCUT2D eigenvalue weighted by Crippen LogP contribution is 2.15. The van der Waals surface area contributed by atoms with Gasteiger partial charge in [-0.15, -0.1) is 24.0 Å². The van der Waals surface area contributed by atoms with Crippen LogP contribution in [0.5, 0.6) is 0 Å². The van der Waals surface area contributed by atoms with Crippen molar-refractivity contribution in [2.45, 2.75) is 25.8 Å². The Morgan fingerprint density at radius 2 is 2.22 bits per heavy atom. The number of pyridine rings is 1. The zero-order valence-electron chi connectivity index (χ0n) is 13.1. The molecule has 0 aliphatic rings. The summed E-state index contributed by atoms with van der Waals surface area (Å²) in [5, 5.41) is 6.27. The molecule has 1 rings (SSSR count). The second-order valence-corrected chi connectivity index (χ2v) is 5.08. The molecule has 1 amide bonds. The summed E-state index contributed by atoms with van der Waals surface area (Å²) in [7, 11) is 1.39. The number of nitrogens with zero attached hydrogens (tertiary/aromatic N) is 2. The SMILES string of the molecule is CCC(C)(NC(=O)c1cnc(N)c(C=NOC)c1)C(=O)CCl.Cl. The highest BCUT2D eigenvalue weighted by atomic mass is 35.5. The zero-order chi connectivity index (χ0) is 16.8. The number of nitrogen functional groups attached to an aromatic ring is 1. The van der Waals surface area contributed by atoms with Gasteiger partial charge in [0.25, 0.3) is 5.91 Å². The molecule has 1 aromatic heterocycles. The van der Waals surface area contributed by atoms with Crippen LogP contribution in [0, 0.1) is 0 Å². The summed E-state index contributed by atoms with van der Waals surface area (Å²) in [6.45, 7) is 3.43. The van der Waals surface area contributed by atoms with E-state index in [1.165, 1.54) is 25.6 Å². The maximum atomic E-state index is 12.3. The average molecular weight is 363 g/mol. The smallest absolute Gasteiger partial charge is 0.253 e. The van der Waals surface area contributed by atoms with E-state index in [0.29, 0.717) is 12.0 Å². The first kappa shape index (κ1) is 21.1. The van der Waals surface area contributed by atoms with E-state index in [1.807, 2.05) is 0 Å². The van der Waals surface area contributed by atoms with Crippen LogP contribution in [-0.2, 0) is 9.63 Å². The highest BCUT2D eigenvalue weighted by molar-refractivity contribution is 6.29. The number of halogens is 2. The lowest BCUT2D eigenvalue weighted by molar-refractivity contribution is -0.122. The Bertz CT molecular complexity index is 595. The van der Waals surface area contributed by atoms with Crippen molar-refractivity contribution in [3.05, 3.63) is 23.4 Å². The lowest BCUT2D eigenvalue weighted by Gasteiger charge is -2.27. The standard InChI is InChI=1S/C14H19ClN4O3.ClH/c1-4-14(2,11(20)6-15)19-13(21)10-5-9(8-18-22-3)12(16)17-7-10;/h5,7-8H,4,6H2,1-3H3,(H2,16,17)(H,19,21);1H. The van der Waals surface area contributed by atoms with E-state index in [1.54, 1.807) is 13.8 Å². The molecular weight excluding hydrogens is 343 g/mol. The van der Waals surface area contributed by atoms with Gasteiger partial charge >= 0.3 is 0 Å². The van der Waals surface area contributed by atoms with E-state index in [0.717, 1.165) is 0 Å². The number of aromatic nitrogens is 1. The maximum absolute atomic E-state index is 12.3. The van der Waals surface area contributed by atoms with Crippen LogP contribution >= 0.6 is 24.0 Å². The number of nitrogens with two attached hydrogens (primary N) is 1. The van der Waals surface area contributed by atoms with Crippen LogP contribution in [-0.4, -0.2) is 41.4 Å². The summed E-state index contributed by atoms with van der Waals surface area (Å²) in [6, 6.07) is 1.52. The number of carbonyl (C=O) groups is 2. The van der Waals surface area contributed by atoms with Gasteiger partial charge in [0.15, 0.2) is 5.78 Å². The van der Waals surface area contributed by atoms with E-state index >= 15 is 0 Å². The second-order valence-electron chi connectivity index (χ2n) is 4.81. The summed E-state index contributed by atoms with van der Waals surface area (Å²) in [4.78, 5) is 32.7. The summed E-state index contributed by atoms with van der Waals surface area (Å²) in [6.07, 6.45) is 3.10. The fourth-order valence-electron chi connectivity index (χ4n) is 1.65. The normalized spacial score (nSPS) is 13.0. The molecule has 9 heteroatoms. The van der Waals surface area contributed by atoms with E-state index in [9.17, 15) is 9.59 Å². The molecular formula is C14H20Cl2N4O3. The number of Topliss-reactive ketones (excluding diaryl/α,β-unsaturated/α-hetero) is 1. The summed E-state index contributed by atoms with van der Waals surface area (Å²) >= 11 is 5.59. The third-order valence-electron chi connectivity index (χ3n) is 3.34. The first-order chi connectivity index (χ1) is 10.4. The predicted molar refractivity (Wildman–Crippen MR) is 92.4 cm³/mol. The molecule has 0 spiro atoms. The van der Waals surface area contributed by atoms with Gasteiger partial charge in [-0.25, -0.2) is 4.98 Å². The quantitative estimate of drug-likeness (QED) is 0.436. The van der Waals surface area contributed by atoms with Crippen molar-refractivity contribution in [2.75, 3.05) is 18.7 Å². The topological polar surface area (TPSA) is 107 Å². The molecule has 3 N–H and O–H groups in total. The number of hydrogen-bond acceptors (Lipinski definition) is 6. The molecule has 23 heavy (non-hydrogen) atoms. The van der Waals surface area contributed by atoms with Gasteiger partial charge in [0.05, 0.1) is 23.2 Å². The van der Waals surface area contributed by atoms with Gasteiger partial charge in [-0.05, 0) is 19.4 Å². The van der Waals surface area contributed by atoms with Gasteiger partial charge in [0, 0.05) is 11.8 Å². The second kappa shape index (κ2) is 9.32. The van der Waals surface area contributed by atoms with Crippen LogP contribution in [0.1, 0.15) is 36.2 Å². The molecule has 0 fully saturated rings. The number of carbonyl (C=O) groups excluding carboxylic acids is 2. The van der Waals surface area contributed by atoms with Crippen molar-refractivity contribution in [2.24, 2.45) is 5.16 Å². The third kappa shape index (κ3) is 5.37. The summed E-state index contributed by atoms with van der Waals surface area (Å²) in [5.41, 5.74) is 5.36. The van der Waals surface area contributed by atoms with Gasteiger partial charge in [-0.2, -0.15) is 0 Å². The van der Waals surface area contributed by atoms with Gasteiger partial charge < -0.3 is 15.9 Å².